The normalized spacial score (nSPS) is 11.5. The van der Waals surface area contributed by atoms with Gasteiger partial charge in [-0.1, -0.05) is 78.4 Å². The lowest BCUT2D eigenvalue weighted by Crippen LogP contribution is -2.49. The van der Waals surface area contributed by atoms with E-state index in [1.165, 1.54) is 88.2 Å². The molecule has 130 valence electrons. The molecular formula is C21H42N+. The molecule has 0 atom stereocenters. The number of nitrogens with zero attached hydrogens (tertiary/aromatic N) is 1. The van der Waals surface area contributed by atoms with Crippen LogP contribution in [0.3, 0.4) is 0 Å². The Kier molecular flexibility index (Phi) is 14.9. The molecule has 1 heteroatoms. The van der Waals surface area contributed by atoms with Crippen molar-refractivity contribution >= 4 is 0 Å². The number of unbranched alkanes of at least 4 members (excludes halogenated alkanes) is 9. The van der Waals surface area contributed by atoms with Gasteiger partial charge in [0.1, 0.15) is 0 Å². The second kappa shape index (κ2) is 15.3. The minimum Gasteiger partial charge on any atom is -0.317 e. The van der Waals surface area contributed by atoms with Gasteiger partial charge < -0.3 is 4.48 Å². The van der Waals surface area contributed by atoms with Crippen LogP contribution in [0.5, 0.6) is 0 Å². The lowest BCUT2D eigenvalue weighted by atomic mass is 10.1. The summed E-state index contributed by atoms with van der Waals surface area (Å²) < 4.78 is 1.18. The van der Waals surface area contributed by atoms with E-state index < -0.39 is 0 Å². The third-order valence-corrected chi connectivity index (χ3v) is 4.75. The molecule has 0 radical (unpaired) electrons. The second-order valence-corrected chi connectivity index (χ2v) is 6.91. The minimum absolute atomic E-state index is 1.10. The van der Waals surface area contributed by atoms with E-state index in [0.29, 0.717) is 0 Å². The fourth-order valence-electron chi connectivity index (χ4n) is 3.35. The van der Waals surface area contributed by atoms with Gasteiger partial charge in [0.05, 0.1) is 26.2 Å². The Hall–Kier alpha value is -0.560. The summed E-state index contributed by atoms with van der Waals surface area (Å²) in [6, 6.07) is 0. The lowest BCUT2D eigenvalue weighted by Gasteiger charge is -2.37. The van der Waals surface area contributed by atoms with Gasteiger partial charge in [-0.2, -0.15) is 0 Å². The Bertz CT molecular complexity index is 247. The van der Waals surface area contributed by atoms with Crippen molar-refractivity contribution in [3.63, 3.8) is 0 Å². The maximum Gasteiger partial charge on any atom is 0.0973 e. The molecule has 0 aromatic carbocycles. The first kappa shape index (κ1) is 21.4. The maximum absolute atomic E-state index is 3.98. The van der Waals surface area contributed by atoms with Gasteiger partial charge >= 0.3 is 0 Å². The van der Waals surface area contributed by atoms with Crippen molar-refractivity contribution in [2.24, 2.45) is 0 Å². The molecule has 0 aliphatic rings. The van der Waals surface area contributed by atoms with Gasteiger partial charge in [-0.25, -0.2) is 0 Å². The molecule has 22 heavy (non-hydrogen) atoms. The largest absolute Gasteiger partial charge is 0.317 e. The van der Waals surface area contributed by atoms with Crippen molar-refractivity contribution in [1.29, 1.82) is 0 Å². The van der Waals surface area contributed by atoms with Crippen molar-refractivity contribution in [2.75, 3.05) is 26.2 Å². The van der Waals surface area contributed by atoms with Crippen LogP contribution in [-0.4, -0.2) is 30.7 Å². The van der Waals surface area contributed by atoms with Crippen LogP contribution in [0.2, 0.25) is 0 Å². The SMILES string of the molecule is C=CC[N+](CC=C)(CCCC)CCCCCCCCCCC. The summed E-state index contributed by atoms with van der Waals surface area (Å²) >= 11 is 0. The molecule has 0 heterocycles. The third kappa shape index (κ3) is 11.1. The van der Waals surface area contributed by atoms with E-state index in [2.05, 4.69) is 39.2 Å². The van der Waals surface area contributed by atoms with Gasteiger partial charge in [-0.15, -0.1) is 0 Å². The van der Waals surface area contributed by atoms with Gasteiger partial charge in [-0.05, 0) is 31.4 Å². The van der Waals surface area contributed by atoms with Gasteiger partial charge in [-0.3, -0.25) is 0 Å². The molecular weight excluding hydrogens is 266 g/mol. The summed E-state index contributed by atoms with van der Waals surface area (Å²) in [5.41, 5.74) is 0. The molecule has 1 nitrogen and oxygen atoms in total. The fourth-order valence-corrected chi connectivity index (χ4v) is 3.35. The summed E-state index contributed by atoms with van der Waals surface area (Å²) in [6.45, 7) is 17.3. The van der Waals surface area contributed by atoms with E-state index in [9.17, 15) is 0 Å². The molecule has 0 aliphatic heterocycles. The first-order chi connectivity index (χ1) is 10.7. The van der Waals surface area contributed by atoms with E-state index in [1.54, 1.807) is 0 Å². The fraction of sp³-hybridized carbons (Fsp3) is 0.810. The highest BCUT2D eigenvalue weighted by molar-refractivity contribution is 4.72. The molecule has 0 N–H and O–H groups in total. The maximum atomic E-state index is 3.98. The summed E-state index contributed by atoms with van der Waals surface area (Å²) in [6.07, 6.45) is 19.5. The van der Waals surface area contributed by atoms with E-state index in [4.69, 9.17) is 0 Å². The van der Waals surface area contributed by atoms with Crippen molar-refractivity contribution in [3.8, 4) is 0 Å². The standard InChI is InChI=1S/C21H42N/c1-5-9-11-12-13-14-15-16-17-21-22(18-7-3,19-8-4)20-10-6-2/h7-8H,3-6,9-21H2,1-2H3/q+1. The van der Waals surface area contributed by atoms with Gasteiger partial charge in [0, 0.05) is 0 Å². The van der Waals surface area contributed by atoms with Crippen LogP contribution in [0.4, 0.5) is 0 Å². The van der Waals surface area contributed by atoms with Crippen molar-refractivity contribution in [1.82, 2.24) is 0 Å². The molecule has 0 aliphatic carbocycles. The van der Waals surface area contributed by atoms with Gasteiger partial charge in [0.25, 0.3) is 0 Å². The monoisotopic (exact) mass is 308 g/mol. The first-order valence-corrected chi connectivity index (χ1v) is 9.81. The predicted octanol–water partition coefficient (Wildman–Crippen LogP) is 6.51. The zero-order valence-electron chi connectivity index (χ0n) is 15.6. The smallest absolute Gasteiger partial charge is 0.0973 e. The number of hydrogen-bond acceptors (Lipinski definition) is 0. The topological polar surface area (TPSA) is 0 Å². The Morgan fingerprint density at radius 1 is 0.591 bits per heavy atom. The third-order valence-electron chi connectivity index (χ3n) is 4.75. The van der Waals surface area contributed by atoms with Crippen molar-refractivity contribution in [3.05, 3.63) is 25.3 Å². The Morgan fingerprint density at radius 2 is 1.00 bits per heavy atom. The highest BCUT2D eigenvalue weighted by Gasteiger charge is 2.23. The van der Waals surface area contributed by atoms with E-state index >= 15 is 0 Å². The number of quaternary nitrogens is 1. The molecule has 0 unspecified atom stereocenters. The molecule has 0 aromatic heterocycles. The summed E-state index contributed by atoms with van der Waals surface area (Å²) in [7, 11) is 0. The van der Waals surface area contributed by atoms with Crippen LogP contribution < -0.4 is 0 Å². The van der Waals surface area contributed by atoms with Crippen LogP contribution in [0.15, 0.2) is 25.3 Å². The van der Waals surface area contributed by atoms with Gasteiger partial charge in [0.15, 0.2) is 0 Å². The summed E-state index contributed by atoms with van der Waals surface area (Å²) in [4.78, 5) is 0. The van der Waals surface area contributed by atoms with Crippen molar-refractivity contribution < 1.29 is 4.48 Å². The molecule has 0 bridgehead atoms. The minimum atomic E-state index is 1.10. The Balaban J connectivity index is 3.91. The molecule has 0 aromatic rings. The predicted molar refractivity (Wildman–Crippen MR) is 102 cm³/mol. The van der Waals surface area contributed by atoms with E-state index in [0.717, 1.165) is 13.1 Å². The van der Waals surface area contributed by atoms with Gasteiger partial charge in [0.2, 0.25) is 0 Å². The first-order valence-electron chi connectivity index (χ1n) is 9.81. The zero-order valence-corrected chi connectivity index (χ0v) is 15.6. The van der Waals surface area contributed by atoms with Crippen LogP contribution >= 0.6 is 0 Å². The molecule has 0 spiro atoms. The molecule has 0 amide bonds. The molecule has 0 saturated heterocycles. The van der Waals surface area contributed by atoms with Crippen LogP contribution in [0.25, 0.3) is 0 Å². The highest BCUT2D eigenvalue weighted by atomic mass is 15.3. The van der Waals surface area contributed by atoms with Crippen LogP contribution in [0.1, 0.15) is 84.5 Å². The summed E-state index contributed by atoms with van der Waals surface area (Å²) in [5, 5.41) is 0. The van der Waals surface area contributed by atoms with Crippen LogP contribution in [0, 0.1) is 0 Å². The second-order valence-electron chi connectivity index (χ2n) is 6.91. The molecule has 0 fully saturated rings. The highest BCUT2D eigenvalue weighted by Crippen LogP contribution is 2.15. The molecule has 0 saturated carbocycles. The average Bonchev–Trinajstić information content (AvgIpc) is 2.52. The lowest BCUT2D eigenvalue weighted by molar-refractivity contribution is -0.917. The number of hydrogen-bond donors (Lipinski definition) is 0. The Labute approximate surface area is 141 Å². The summed E-state index contributed by atoms with van der Waals surface area (Å²) in [5.74, 6) is 0. The zero-order chi connectivity index (χ0) is 16.5. The van der Waals surface area contributed by atoms with Crippen molar-refractivity contribution in [2.45, 2.75) is 84.5 Å². The average molecular weight is 309 g/mol. The Morgan fingerprint density at radius 3 is 1.45 bits per heavy atom. The van der Waals surface area contributed by atoms with E-state index in [1.807, 2.05) is 0 Å². The van der Waals surface area contributed by atoms with E-state index in [-0.39, 0.29) is 0 Å². The van der Waals surface area contributed by atoms with Crippen LogP contribution in [-0.2, 0) is 0 Å². The molecule has 0 rings (SSSR count). The quantitative estimate of drug-likeness (QED) is 0.163. The number of rotatable bonds is 17.